The largest absolute Gasteiger partial charge is 0.471 e. The van der Waals surface area contributed by atoms with Gasteiger partial charge in [0.25, 0.3) is 0 Å². The molecule has 0 unspecified atom stereocenters. The van der Waals surface area contributed by atoms with Crippen LogP contribution in [-0.4, -0.2) is 58.0 Å². The summed E-state index contributed by atoms with van der Waals surface area (Å²) in [5.74, 6) is -1.07. The topological polar surface area (TPSA) is 75.4 Å². The average Bonchev–Trinajstić information content (AvgIpc) is 3.12. The molecule has 1 fully saturated rings. The molecule has 1 saturated heterocycles. The Morgan fingerprint density at radius 3 is 2.48 bits per heavy atom. The first-order valence-electron chi connectivity index (χ1n) is 7.34. The van der Waals surface area contributed by atoms with Gasteiger partial charge >= 0.3 is 12.1 Å². The molecular weight excluding hydrogens is 363 g/mol. The molecule has 0 aromatic carbocycles. The zero-order valence-corrected chi connectivity index (χ0v) is 13.6. The van der Waals surface area contributed by atoms with E-state index in [9.17, 15) is 18.0 Å². The second-order valence-corrected chi connectivity index (χ2v) is 5.59. The van der Waals surface area contributed by atoms with Crippen LogP contribution in [0, 0.1) is 0 Å². The lowest BCUT2D eigenvalue weighted by Crippen LogP contribution is -2.49. The normalized spacial score (nSPS) is 15.5. The molecule has 0 saturated carbocycles. The Kier molecular flexibility index (Phi) is 4.80. The lowest BCUT2D eigenvalue weighted by molar-refractivity contribution is -0.159. The van der Waals surface area contributed by atoms with Crippen molar-refractivity contribution in [3.63, 3.8) is 0 Å². The molecule has 3 heterocycles. The number of aromatic nitrogens is 3. The molecule has 0 N–H and O–H groups in total. The molecule has 0 atom stereocenters. The number of carbonyl (C=O) groups excluding carboxylic acids is 1. The summed E-state index contributed by atoms with van der Waals surface area (Å²) in [7, 11) is 0. The number of amides is 1. The highest BCUT2D eigenvalue weighted by Crippen LogP contribution is 2.29. The Morgan fingerprint density at radius 2 is 1.96 bits per heavy atom. The summed E-state index contributed by atoms with van der Waals surface area (Å²) in [6.07, 6.45) is -3.30. The second kappa shape index (κ2) is 6.87. The van der Waals surface area contributed by atoms with E-state index in [1.807, 2.05) is 4.90 Å². The number of anilines is 1. The van der Waals surface area contributed by atoms with Crippen LogP contribution in [0.25, 0.3) is 11.4 Å². The van der Waals surface area contributed by atoms with Crippen LogP contribution in [0.4, 0.5) is 19.0 Å². The molecule has 1 amide bonds. The molecule has 134 valence electrons. The number of hydrogen-bond donors (Lipinski definition) is 0. The van der Waals surface area contributed by atoms with Gasteiger partial charge in [-0.1, -0.05) is 5.16 Å². The van der Waals surface area contributed by atoms with Crippen LogP contribution in [0.1, 0.15) is 5.89 Å². The first kappa shape index (κ1) is 17.5. The van der Waals surface area contributed by atoms with Crippen LogP contribution >= 0.6 is 11.6 Å². The van der Waals surface area contributed by atoms with Gasteiger partial charge in [-0.3, -0.25) is 4.79 Å². The van der Waals surface area contributed by atoms with Crippen LogP contribution in [-0.2, 0) is 11.0 Å². The summed E-state index contributed by atoms with van der Waals surface area (Å²) in [6, 6.07) is 3.24. The van der Waals surface area contributed by atoms with Crippen molar-refractivity contribution in [2.75, 3.05) is 37.0 Å². The highest BCUT2D eigenvalue weighted by atomic mass is 35.5. The number of pyridine rings is 1. The predicted octanol–water partition coefficient (Wildman–Crippen LogP) is 2.04. The second-order valence-electron chi connectivity index (χ2n) is 5.33. The average molecular weight is 376 g/mol. The summed E-state index contributed by atoms with van der Waals surface area (Å²) >= 11 is 5.54. The van der Waals surface area contributed by atoms with Crippen molar-refractivity contribution in [1.82, 2.24) is 20.0 Å². The summed E-state index contributed by atoms with van der Waals surface area (Å²) in [6.45, 7) is 2.26. The van der Waals surface area contributed by atoms with E-state index in [0.29, 0.717) is 37.6 Å². The fourth-order valence-corrected chi connectivity index (χ4v) is 2.60. The molecule has 0 aliphatic carbocycles. The summed E-state index contributed by atoms with van der Waals surface area (Å²) in [5.41, 5.74) is 0.318. The molecule has 0 spiro atoms. The van der Waals surface area contributed by atoms with Gasteiger partial charge in [0.15, 0.2) is 0 Å². The third kappa shape index (κ3) is 3.84. The van der Waals surface area contributed by atoms with Gasteiger partial charge in [0, 0.05) is 37.9 Å². The van der Waals surface area contributed by atoms with Gasteiger partial charge in [0.1, 0.15) is 11.7 Å². The number of piperazine rings is 1. The minimum absolute atomic E-state index is 0.0441. The molecule has 1 aliphatic heterocycles. The number of nitrogens with zero attached hydrogens (tertiary/aromatic N) is 5. The van der Waals surface area contributed by atoms with E-state index in [2.05, 4.69) is 19.6 Å². The van der Waals surface area contributed by atoms with E-state index < -0.39 is 12.1 Å². The Morgan fingerprint density at radius 1 is 1.24 bits per heavy atom. The summed E-state index contributed by atoms with van der Waals surface area (Å²) < 4.78 is 41.7. The Hall–Kier alpha value is -2.36. The zero-order chi connectivity index (χ0) is 18.0. The SMILES string of the molecule is O=C(CCl)N1CCN(c2ccc(-c3noc(C(F)(F)F)n3)cn2)CC1. The van der Waals surface area contributed by atoms with Crippen molar-refractivity contribution >= 4 is 23.3 Å². The number of alkyl halides is 4. The maximum atomic E-state index is 12.5. The number of halogens is 4. The molecule has 11 heteroatoms. The van der Waals surface area contributed by atoms with Gasteiger partial charge in [-0.05, 0) is 12.1 Å². The van der Waals surface area contributed by atoms with E-state index in [1.165, 1.54) is 6.20 Å². The predicted molar refractivity (Wildman–Crippen MR) is 82.0 cm³/mol. The van der Waals surface area contributed by atoms with Crippen molar-refractivity contribution in [2.24, 2.45) is 0 Å². The molecule has 2 aromatic rings. The van der Waals surface area contributed by atoms with Gasteiger partial charge < -0.3 is 14.3 Å². The van der Waals surface area contributed by atoms with Crippen molar-refractivity contribution < 1.29 is 22.5 Å². The molecule has 25 heavy (non-hydrogen) atoms. The number of rotatable bonds is 3. The van der Waals surface area contributed by atoms with Crippen molar-refractivity contribution in [3.8, 4) is 11.4 Å². The van der Waals surface area contributed by atoms with Crippen LogP contribution < -0.4 is 4.90 Å². The smallest absolute Gasteiger partial charge is 0.353 e. The molecule has 0 radical (unpaired) electrons. The van der Waals surface area contributed by atoms with Gasteiger partial charge in [0.05, 0.1) is 0 Å². The highest BCUT2D eigenvalue weighted by Gasteiger charge is 2.38. The Bertz CT molecular complexity index is 742. The third-order valence-corrected chi connectivity index (χ3v) is 3.97. The number of hydrogen-bond acceptors (Lipinski definition) is 6. The van der Waals surface area contributed by atoms with Gasteiger partial charge in [-0.25, -0.2) is 4.98 Å². The van der Waals surface area contributed by atoms with E-state index in [4.69, 9.17) is 11.6 Å². The summed E-state index contributed by atoms with van der Waals surface area (Å²) in [4.78, 5) is 22.7. The highest BCUT2D eigenvalue weighted by molar-refractivity contribution is 6.27. The standard InChI is InChI=1S/C14H13ClF3N5O2/c15-7-11(24)23-5-3-22(4-6-23)10-2-1-9(8-19-10)12-20-13(25-21-12)14(16,17)18/h1-2,8H,3-7H2. The summed E-state index contributed by atoms with van der Waals surface area (Å²) in [5, 5.41) is 3.32. The minimum Gasteiger partial charge on any atom is -0.353 e. The van der Waals surface area contributed by atoms with Crippen LogP contribution in [0.3, 0.4) is 0 Å². The van der Waals surface area contributed by atoms with Gasteiger partial charge in [-0.2, -0.15) is 18.2 Å². The molecular formula is C14H13ClF3N5O2. The van der Waals surface area contributed by atoms with Crippen molar-refractivity contribution in [1.29, 1.82) is 0 Å². The third-order valence-electron chi connectivity index (χ3n) is 3.75. The van der Waals surface area contributed by atoms with E-state index in [0.717, 1.165) is 0 Å². The van der Waals surface area contributed by atoms with Crippen molar-refractivity contribution in [2.45, 2.75) is 6.18 Å². The van der Waals surface area contributed by atoms with Crippen LogP contribution in [0.5, 0.6) is 0 Å². The molecule has 7 nitrogen and oxygen atoms in total. The van der Waals surface area contributed by atoms with Crippen LogP contribution in [0.2, 0.25) is 0 Å². The first-order valence-corrected chi connectivity index (χ1v) is 7.88. The molecule has 1 aliphatic rings. The maximum Gasteiger partial charge on any atom is 0.471 e. The molecule has 3 rings (SSSR count). The van der Waals surface area contributed by atoms with Crippen LogP contribution in [0.15, 0.2) is 22.9 Å². The Balaban J connectivity index is 1.67. The number of carbonyl (C=O) groups is 1. The first-order chi connectivity index (χ1) is 11.9. The lowest BCUT2D eigenvalue weighted by Gasteiger charge is -2.35. The van der Waals surface area contributed by atoms with Gasteiger partial charge in [-0.15, -0.1) is 11.6 Å². The Labute approximate surface area is 145 Å². The van der Waals surface area contributed by atoms with E-state index in [-0.39, 0.29) is 17.6 Å². The maximum absolute atomic E-state index is 12.5. The fraction of sp³-hybridized carbons (Fsp3) is 0.429. The molecule has 2 aromatic heterocycles. The van der Waals surface area contributed by atoms with E-state index in [1.54, 1.807) is 17.0 Å². The zero-order valence-electron chi connectivity index (χ0n) is 12.8. The molecule has 0 bridgehead atoms. The van der Waals surface area contributed by atoms with Crippen molar-refractivity contribution in [3.05, 3.63) is 24.2 Å². The van der Waals surface area contributed by atoms with E-state index >= 15 is 0 Å². The quantitative estimate of drug-likeness (QED) is 0.764. The monoisotopic (exact) mass is 375 g/mol. The lowest BCUT2D eigenvalue weighted by atomic mass is 10.2. The minimum atomic E-state index is -4.68. The van der Waals surface area contributed by atoms with Gasteiger partial charge in [0.2, 0.25) is 11.7 Å². The fourth-order valence-electron chi connectivity index (χ4n) is 2.43.